The third kappa shape index (κ3) is 3.16. The van der Waals surface area contributed by atoms with Crippen LogP contribution in [0.15, 0.2) is 28.9 Å². The lowest BCUT2D eigenvalue weighted by atomic mass is 10.3. The highest BCUT2D eigenvalue weighted by molar-refractivity contribution is 9.10. The first-order chi connectivity index (χ1) is 9.22. The van der Waals surface area contributed by atoms with E-state index in [9.17, 15) is 0 Å². The van der Waals surface area contributed by atoms with Crippen molar-refractivity contribution in [1.29, 1.82) is 0 Å². The molecule has 0 atom stereocenters. The van der Waals surface area contributed by atoms with E-state index in [1.54, 1.807) is 6.20 Å². The van der Waals surface area contributed by atoms with Crippen LogP contribution < -0.4 is 5.32 Å². The van der Waals surface area contributed by atoms with Crippen molar-refractivity contribution >= 4 is 15.9 Å². The molecule has 2 aromatic heterocycles. The third-order valence-electron chi connectivity index (χ3n) is 3.03. The predicted octanol–water partition coefficient (Wildman–Crippen LogP) is 2.86. The van der Waals surface area contributed by atoms with E-state index < -0.39 is 0 Å². The lowest BCUT2D eigenvalue weighted by Crippen LogP contribution is -2.17. The number of halogens is 1. The van der Waals surface area contributed by atoms with Crippen LogP contribution in [0, 0.1) is 6.92 Å². The van der Waals surface area contributed by atoms with Gasteiger partial charge in [-0.3, -0.25) is 4.98 Å². The first-order valence-corrected chi connectivity index (χ1v) is 7.20. The van der Waals surface area contributed by atoms with Crippen molar-refractivity contribution in [2.45, 2.75) is 32.4 Å². The number of nitrogens with one attached hydrogen (secondary N) is 1. The SMILES string of the molecule is Cc1cc(CNC2CC2)nc(-c2ncccc2Br)n1. The van der Waals surface area contributed by atoms with Gasteiger partial charge in [-0.2, -0.15) is 0 Å². The Kier molecular flexibility index (Phi) is 3.57. The average Bonchev–Trinajstić information content (AvgIpc) is 3.20. The number of aromatic nitrogens is 3. The summed E-state index contributed by atoms with van der Waals surface area (Å²) < 4.78 is 0.918. The van der Waals surface area contributed by atoms with Gasteiger partial charge in [0.1, 0.15) is 5.69 Å². The molecule has 0 saturated heterocycles. The quantitative estimate of drug-likeness (QED) is 0.941. The molecule has 0 spiro atoms. The van der Waals surface area contributed by atoms with Gasteiger partial charge in [0.2, 0.25) is 0 Å². The summed E-state index contributed by atoms with van der Waals surface area (Å²) in [6.07, 6.45) is 4.32. The van der Waals surface area contributed by atoms with Crippen LogP contribution in [0.1, 0.15) is 24.2 Å². The second-order valence-corrected chi connectivity index (χ2v) is 5.67. The molecule has 3 rings (SSSR count). The minimum absolute atomic E-state index is 0.681. The standard InChI is InChI=1S/C14H15BrN4/c1-9-7-11(8-17-10-4-5-10)19-14(18-9)13-12(15)3-2-6-16-13/h2-3,6-7,10,17H,4-5,8H2,1H3. The van der Waals surface area contributed by atoms with Gasteiger partial charge in [0.05, 0.1) is 5.69 Å². The Bertz CT molecular complexity index is 596. The Hall–Kier alpha value is -1.33. The summed E-state index contributed by atoms with van der Waals surface area (Å²) in [6.45, 7) is 2.79. The minimum atomic E-state index is 0.681. The number of pyridine rings is 1. The summed E-state index contributed by atoms with van der Waals surface area (Å²) in [6, 6.07) is 6.55. The highest BCUT2D eigenvalue weighted by Crippen LogP contribution is 2.23. The van der Waals surface area contributed by atoms with Crippen LogP contribution in [0.25, 0.3) is 11.5 Å². The highest BCUT2D eigenvalue weighted by Gasteiger charge is 2.20. The van der Waals surface area contributed by atoms with E-state index in [-0.39, 0.29) is 0 Å². The molecule has 0 aliphatic heterocycles. The molecule has 98 valence electrons. The molecule has 1 aliphatic rings. The van der Waals surface area contributed by atoms with E-state index in [2.05, 4.69) is 36.2 Å². The Morgan fingerprint density at radius 1 is 1.37 bits per heavy atom. The molecule has 0 aromatic carbocycles. The van der Waals surface area contributed by atoms with Crippen LogP contribution in [-0.4, -0.2) is 21.0 Å². The summed E-state index contributed by atoms with van der Waals surface area (Å²) in [5.74, 6) is 0.681. The second-order valence-electron chi connectivity index (χ2n) is 4.81. The maximum absolute atomic E-state index is 4.60. The first kappa shape index (κ1) is 12.7. The summed E-state index contributed by atoms with van der Waals surface area (Å²) in [5.41, 5.74) is 2.78. The van der Waals surface area contributed by atoms with E-state index in [4.69, 9.17) is 0 Å². The molecule has 2 heterocycles. The fourth-order valence-corrected chi connectivity index (χ4v) is 2.35. The van der Waals surface area contributed by atoms with E-state index in [0.717, 1.165) is 28.1 Å². The van der Waals surface area contributed by atoms with Gasteiger partial charge in [-0.15, -0.1) is 0 Å². The number of hydrogen-bond donors (Lipinski definition) is 1. The Balaban J connectivity index is 1.90. The van der Waals surface area contributed by atoms with E-state index in [0.29, 0.717) is 11.9 Å². The molecule has 1 fully saturated rings. The van der Waals surface area contributed by atoms with Gasteiger partial charge in [-0.1, -0.05) is 0 Å². The van der Waals surface area contributed by atoms with Crippen LogP contribution in [0.3, 0.4) is 0 Å². The summed E-state index contributed by atoms with van der Waals surface area (Å²) in [5, 5.41) is 3.47. The van der Waals surface area contributed by atoms with Crippen LogP contribution in [0.5, 0.6) is 0 Å². The molecule has 1 aliphatic carbocycles. The van der Waals surface area contributed by atoms with Crippen molar-refractivity contribution in [2.24, 2.45) is 0 Å². The van der Waals surface area contributed by atoms with Crippen molar-refractivity contribution in [2.75, 3.05) is 0 Å². The van der Waals surface area contributed by atoms with Gasteiger partial charge in [0.15, 0.2) is 5.82 Å². The molecule has 0 amide bonds. The van der Waals surface area contributed by atoms with Crippen molar-refractivity contribution in [3.8, 4) is 11.5 Å². The smallest absolute Gasteiger partial charge is 0.179 e. The zero-order valence-corrected chi connectivity index (χ0v) is 12.3. The van der Waals surface area contributed by atoms with Gasteiger partial charge in [0, 0.05) is 29.0 Å². The number of hydrogen-bond acceptors (Lipinski definition) is 4. The van der Waals surface area contributed by atoms with Crippen LogP contribution in [0.4, 0.5) is 0 Å². The molecule has 19 heavy (non-hydrogen) atoms. The highest BCUT2D eigenvalue weighted by atomic mass is 79.9. The second kappa shape index (κ2) is 5.35. The summed E-state index contributed by atoms with van der Waals surface area (Å²) >= 11 is 3.50. The van der Waals surface area contributed by atoms with Crippen LogP contribution >= 0.6 is 15.9 Å². The molecular weight excluding hydrogens is 304 g/mol. The van der Waals surface area contributed by atoms with Crippen molar-refractivity contribution in [3.05, 3.63) is 40.3 Å². The maximum atomic E-state index is 4.60. The summed E-state index contributed by atoms with van der Waals surface area (Å²) in [4.78, 5) is 13.4. The summed E-state index contributed by atoms with van der Waals surface area (Å²) in [7, 11) is 0. The predicted molar refractivity (Wildman–Crippen MR) is 77.6 cm³/mol. The number of aryl methyl sites for hydroxylation is 1. The maximum Gasteiger partial charge on any atom is 0.179 e. The molecule has 2 aromatic rings. The van der Waals surface area contributed by atoms with E-state index in [1.165, 1.54) is 12.8 Å². The zero-order valence-electron chi connectivity index (χ0n) is 10.7. The Labute approximate surface area is 120 Å². The molecule has 0 bridgehead atoms. The van der Waals surface area contributed by atoms with Crippen LogP contribution in [0.2, 0.25) is 0 Å². The third-order valence-corrected chi connectivity index (χ3v) is 3.67. The van der Waals surface area contributed by atoms with Gasteiger partial charge < -0.3 is 5.32 Å². The topological polar surface area (TPSA) is 50.7 Å². The minimum Gasteiger partial charge on any atom is -0.308 e. The number of nitrogens with zero attached hydrogens (tertiary/aromatic N) is 3. The molecule has 1 saturated carbocycles. The van der Waals surface area contributed by atoms with E-state index >= 15 is 0 Å². The molecule has 0 radical (unpaired) electrons. The molecule has 1 N–H and O–H groups in total. The Morgan fingerprint density at radius 3 is 2.95 bits per heavy atom. The Morgan fingerprint density at radius 2 is 2.21 bits per heavy atom. The normalized spacial score (nSPS) is 14.6. The molecule has 5 heteroatoms. The average molecular weight is 319 g/mol. The van der Waals surface area contributed by atoms with Gasteiger partial charge in [-0.25, -0.2) is 9.97 Å². The van der Waals surface area contributed by atoms with Gasteiger partial charge >= 0.3 is 0 Å². The first-order valence-electron chi connectivity index (χ1n) is 6.41. The molecule has 0 unspecified atom stereocenters. The monoisotopic (exact) mass is 318 g/mol. The van der Waals surface area contributed by atoms with Gasteiger partial charge in [-0.05, 0) is 53.9 Å². The largest absolute Gasteiger partial charge is 0.308 e. The van der Waals surface area contributed by atoms with Crippen molar-refractivity contribution in [3.63, 3.8) is 0 Å². The zero-order chi connectivity index (χ0) is 13.2. The van der Waals surface area contributed by atoms with Crippen molar-refractivity contribution < 1.29 is 0 Å². The molecular formula is C14H15BrN4. The fourth-order valence-electron chi connectivity index (χ4n) is 1.92. The van der Waals surface area contributed by atoms with E-state index in [1.807, 2.05) is 25.1 Å². The fraction of sp³-hybridized carbons (Fsp3) is 0.357. The van der Waals surface area contributed by atoms with Crippen molar-refractivity contribution in [1.82, 2.24) is 20.3 Å². The lowest BCUT2D eigenvalue weighted by Gasteiger charge is -2.07. The number of rotatable bonds is 4. The molecule has 4 nitrogen and oxygen atoms in total. The van der Waals surface area contributed by atoms with Gasteiger partial charge in [0.25, 0.3) is 0 Å². The lowest BCUT2D eigenvalue weighted by molar-refractivity contribution is 0.672. The van der Waals surface area contributed by atoms with Crippen LogP contribution in [-0.2, 0) is 6.54 Å².